The van der Waals surface area contributed by atoms with Gasteiger partial charge in [-0.15, -0.1) is 0 Å². The number of ether oxygens (including phenoxy) is 3. The van der Waals surface area contributed by atoms with Crippen molar-refractivity contribution in [3.05, 3.63) is 48.2 Å². The minimum atomic E-state index is 0.277. The molecule has 1 saturated heterocycles. The molecule has 3 nitrogen and oxygen atoms in total. The summed E-state index contributed by atoms with van der Waals surface area (Å²) in [6.07, 6.45) is 4.98. The van der Waals surface area contributed by atoms with Gasteiger partial charge in [-0.3, -0.25) is 0 Å². The van der Waals surface area contributed by atoms with Gasteiger partial charge in [-0.05, 0) is 35.6 Å². The fourth-order valence-electron chi connectivity index (χ4n) is 2.35. The Kier molecular flexibility index (Phi) is 2.45. The van der Waals surface area contributed by atoms with Gasteiger partial charge in [0.05, 0.1) is 12.9 Å². The zero-order chi connectivity index (χ0) is 12.7. The highest BCUT2D eigenvalue weighted by Crippen LogP contribution is 2.35. The molecule has 0 aliphatic carbocycles. The Labute approximate surface area is 111 Å². The van der Waals surface area contributed by atoms with Crippen molar-refractivity contribution in [1.29, 1.82) is 0 Å². The summed E-state index contributed by atoms with van der Waals surface area (Å²) in [5.74, 6) is 1.82. The van der Waals surface area contributed by atoms with Crippen molar-refractivity contribution in [3.8, 4) is 11.5 Å². The molecule has 0 radical (unpaired) electrons. The Hall–Kier alpha value is -2.00. The van der Waals surface area contributed by atoms with Gasteiger partial charge in [0, 0.05) is 5.39 Å². The average molecular weight is 254 g/mol. The Bertz CT molecular complexity index is 656. The van der Waals surface area contributed by atoms with Crippen LogP contribution in [0.15, 0.2) is 42.7 Å². The van der Waals surface area contributed by atoms with E-state index >= 15 is 0 Å². The maximum absolute atomic E-state index is 5.73. The Morgan fingerprint density at radius 1 is 1.21 bits per heavy atom. The van der Waals surface area contributed by atoms with Crippen LogP contribution in [0.25, 0.3) is 10.8 Å². The van der Waals surface area contributed by atoms with E-state index in [4.69, 9.17) is 14.2 Å². The van der Waals surface area contributed by atoms with Gasteiger partial charge >= 0.3 is 0 Å². The number of rotatable bonds is 3. The molecule has 1 atom stereocenters. The lowest BCUT2D eigenvalue weighted by Crippen LogP contribution is -2.04. The van der Waals surface area contributed by atoms with Crippen LogP contribution in [0.5, 0.6) is 11.5 Å². The predicted octanol–water partition coefficient (Wildman–Crippen LogP) is 3.07. The van der Waals surface area contributed by atoms with E-state index in [9.17, 15) is 0 Å². The maximum Gasteiger partial charge on any atom is 0.137 e. The summed E-state index contributed by atoms with van der Waals surface area (Å²) in [6.45, 7) is 1.44. The normalized spacial score (nSPS) is 19.9. The fraction of sp³-hybridized carbons (Fsp3) is 0.250. The van der Waals surface area contributed by atoms with E-state index in [-0.39, 0.29) is 6.10 Å². The first-order chi connectivity index (χ1) is 9.40. The fourth-order valence-corrected chi connectivity index (χ4v) is 2.35. The second-order valence-corrected chi connectivity index (χ2v) is 4.90. The third-order valence-electron chi connectivity index (χ3n) is 3.48. The summed E-state index contributed by atoms with van der Waals surface area (Å²) in [6, 6.07) is 10.4. The molecular formula is C16H14O3. The van der Waals surface area contributed by atoms with Crippen molar-refractivity contribution < 1.29 is 14.2 Å². The molecule has 0 bridgehead atoms. The molecular weight excluding hydrogens is 240 g/mol. The van der Waals surface area contributed by atoms with Crippen LogP contribution in [0.4, 0.5) is 0 Å². The second-order valence-electron chi connectivity index (χ2n) is 4.90. The standard InChI is InChI=1S/C16H14O3/c1-2-12-4-3-11-5-6-13(18-9-14-10-19-14)8-15(11)16(12)17-7-1/h1,3-8,14H,2,9-10H2. The van der Waals surface area contributed by atoms with E-state index < -0.39 is 0 Å². The third kappa shape index (κ3) is 2.06. The largest absolute Gasteiger partial charge is 0.491 e. The number of epoxide rings is 1. The molecule has 2 heterocycles. The van der Waals surface area contributed by atoms with Crippen molar-refractivity contribution in [2.75, 3.05) is 13.2 Å². The van der Waals surface area contributed by atoms with E-state index in [0.29, 0.717) is 6.61 Å². The van der Waals surface area contributed by atoms with E-state index in [1.165, 1.54) is 10.9 Å². The first-order valence-corrected chi connectivity index (χ1v) is 6.52. The molecule has 0 spiro atoms. The summed E-state index contributed by atoms with van der Waals surface area (Å²) >= 11 is 0. The van der Waals surface area contributed by atoms with Crippen molar-refractivity contribution >= 4 is 10.8 Å². The molecule has 0 N–H and O–H groups in total. The molecule has 0 saturated carbocycles. The van der Waals surface area contributed by atoms with Crippen molar-refractivity contribution in [2.45, 2.75) is 12.5 Å². The molecule has 2 aromatic carbocycles. The molecule has 4 rings (SSSR count). The lowest BCUT2D eigenvalue weighted by atomic mass is 10.0. The number of hydrogen-bond acceptors (Lipinski definition) is 3. The van der Waals surface area contributed by atoms with Crippen LogP contribution in [-0.4, -0.2) is 19.3 Å². The minimum absolute atomic E-state index is 0.277. The van der Waals surface area contributed by atoms with Crippen LogP contribution in [0, 0.1) is 0 Å². The smallest absolute Gasteiger partial charge is 0.137 e. The van der Waals surface area contributed by atoms with Gasteiger partial charge in [-0.2, -0.15) is 0 Å². The highest BCUT2D eigenvalue weighted by molar-refractivity contribution is 5.91. The van der Waals surface area contributed by atoms with Gasteiger partial charge in [-0.1, -0.05) is 18.2 Å². The van der Waals surface area contributed by atoms with E-state index in [0.717, 1.165) is 29.9 Å². The summed E-state index contributed by atoms with van der Waals surface area (Å²) in [5.41, 5.74) is 1.22. The lowest BCUT2D eigenvalue weighted by molar-refractivity contribution is 0.263. The first kappa shape index (κ1) is 10.9. The highest BCUT2D eigenvalue weighted by Gasteiger charge is 2.23. The van der Waals surface area contributed by atoms with Crippen LogP contribution < -0.4 is 9.47 Å². The third-order valence-corrected chi connectivity index (χ3v) is 3.48. The molecule has 1 unspecified atom stereocenters. The molecule has 19 heavy (non-hydrogen) atoms. The molecule has 2 aliphatic heterocycles. The molecule has 96 valence electrons. The molecule has 0 amide bonds. The summed E-state index contributed by atoms with van der Waals surface area (Å²) < 4.78 is 16.5. The van der Waals surface area contributed by atoms with Crippen molar-refractivity contribution in [1.82, 2.24) is 0 Å². The van der Waals surface area contributed by atoms with Crippen LogP contribution in [0.3, 0.4) is 0 Å². The molecule has 2 aliphatic rings. The van der Waals surface area contributed by atoms with Gasteiger partial charge in [0.25, 0.3) is 0 Å². The molecule has 2 aromatic rings. The Morgan fingerprint density at radius 2 is 2.11 bits per heavy atom. The number of fused-ring (bicyclic) bond motifs is 3. The molecule has 1 fully saturated rings. The summed E-state index contributed by atoms with van der Waals surface area (Å²) in [5, 5.41) is 2.28. The number of allylic oxidation sites excluding steroid dienone is 1. The average Bonchev–Trinajstić information content (AvgIpc) is 3.29. The summed E-state index contributed by atoms with van der Waals surface area (Å²) in [7, 11) is 0. The van der Waals surface area contributed by atoms with Gasteiger partial charge in [0.15, 0.2) is 0 Å². The molecule has 3 heteroatoms. The zero-order valence-corrected chi connectivity index (χ0v) is 10.5. The van der Waals surface area contributed by atoms with Crippen LogP contribution in [-0.2, 0) is 11.2 Å². The topological polar surface area (TPSA) is 31.0 Å². The van der Waals surface area contributed by atoms with E-state index in [1.807, 2.05) is 12.1 Å². The first-order valence-electron chi connectivity index (χ1n) is 6.52. The van der Waals surface area contributed by atoms with E-state index in [2.05, 4.69) is 24.3 Å². The SMILES string of the molecule is C1=COc2c(ccc3ccc(OCC4CO4)cc23)C1. The predicted molar refractivity (Wildman–Crippen MR) is 72.7 cm³/mol. The van der Waals surface area contributed by atoms with Gasteiger partial charge in [0.2, 0.25) is 0 Å². The lowest BCUT2D eigenvalue weighted by Gasteiger charge is -2.15. The minimum Gasteiger partial charge on any atom is -0.491 e. The quantitative estimate of drug-likeness (QED) is 0.789. The maximum atomic E-state index is 5.73. The number of benzene rings is 2. The Morgan fingerprint density at radius 3 is 3.00 bits per heavy atom. The van der Waals surface area contributed by atoms with Gasteiger partial charge in [0.1, 0.15) is 24.2 Å². The van der Waals surface area contributed by atoms with Gasteiger partial charge in [-0.25, -0.2) is 0 Å². The van der Waals surface area contributed by atoms with Crippen LogP contribution >= 0.6 is 0 Å². The van der Waals surface area contributed by atoms with Gasteiger partial charge < -0.3 is 14.2 Å². The number of hydrogen-bond donors (Lipinski definition) is 0. The van der Waals surface area contributed by atoms with E-state index in [1.54, 1.807) is 6.26 Å². The Balaban J connectivity index is 1.73. The highest BCUT2D eigenvalue weighted by atomic mass is 16.6. The van der Waals surface area contributed by atoms with Crippen molar-refractivity contribution in [2.24, 2.45) is 0 Å². The molecule has 0 aromatic heterocycles. The summed E-state index contributed by atoms with van der Waals surface area (Å²) in [4.78, 5) is 0. The second kappa shape index (κ2) is 4.28. The van der Waals surface area contributed by atoms with Crippen LogP contribution in [0.2, 0.25) is 0 Å². The zero-order valence-electron chi connectivity index (χ0n) is 10.5. The van der Waals surface area contributed by atoms with Crippen LogP contribution in [0.1, 0.15) is 5.56 Å². The monoisotopic (exact) mass is 254 g/mol. The van der Waals surface area contributed by atoms with Crippen molar-refractivity contribution in [3.63, 3.8) is 0 Å².